The summed E-state index contributed by atoms with van der Waals surface area (Å²) < 4.78 is 40.7. The molecule has 5 aliphatic rings. The zero-order valence-corrected chi connectivity index (χ0v) is 17.6. The van der Waals surface area contributed by atoms with Crippen molar-refractivity contribution >= 4 is 10.1 Å². The highest BCUT2D eigenvalue weighted by Gasteiger charge is 2.80. The second-order valence-electron chi connectivity index (χ2n) is 10.1. The van der Waals surface area contributed by atoms with Gasteiger partial charge in [-0.25, -0.2) is 0 Å². The number of benzene rings is 1. The summed E-state index contributed by atoms with van der Waals surface area (Å²) >= 11 is 0. The number of likely N-dealkylation sites (tertiary alicyclic amines) is 1. The molecule has 0 aromatic heterocycles. The van der Waals surface area contributed by atoms with Crippen molar-refractivity contribution in [3.8, 4) is 11.5 Å². The average Bonchev–Trinajstić information content (AvgIpc) is 3.39. The number of piperidine rings is 1. The Morgan fingerprint density at radius 2 is 1.97 bits per heavy atom. The van der Waals surface area contributed by atoms with Gasteiger partial charge >= 0.3 is 0 Å². The number of aromatic hydroxyl groups is 1. The Labute approximate surface area is 175 Å². The molecule has 2 unspecified atom stereocenters. The normalized spacial score (nSPS) is 44.5. The molecule has 0 radical (unpaired) electrons. The fraction of sp³-hybridized carbons (Fsp3) is 0.714. The number of ether oxygens (including phenoxy) is 1. The van der Waals surface area contributed by atoms with Gasteiger partial charge in [0.15, 0.2) is 17.6 Å². The maximum atomic E-state index is 12.4. The molecule has 6 atom stereocenters. The molecule has 0 amide bonds. The predicted molar refractivity (Wildman–Crippen MR) is 106 cm³/mol. The van der Waals surface area contributed by atoms with Crippen molar-refractivity contribution in [2.45, 2.75) is 67.1 Å². The van der Waals surface area contributed by atoms with E-state index in [4.69, 9.17) is 4.74 Å². The maximum Gasteiger partial charge on any atom is 0.298 e. The van der Waals surface area contributed by atoms with Crippen LogP contribution in [0.25, 0.3) is 0 Å². The SMILES string of the molecule is CC1CN(CC2CC2)[C@@H]2Cc3ccc(O)c4c3[C@]13[C@@H](O4)C(O)(S(=O)(=O)O)CC[C@@]23O. The van der Waals surface area contributed by atoms with Crippen LogP contribution < -0.4 is 4.74 Å². The number of nitrogens with zero attached hydrogens (tertiary/aromatic N) is 1. The summed E-state index contributed by atoms with van der Waals surface area (Å²) in [6.45, 7) is 3.46. The molecule has 1 saturated heterocycles. The Balaban J connectivity index is 1.63. The molecule has 1 aromatic rings. The van der Waals surface area contributed by atoms with Crippen LogP contribution >= 0.6 is 0 Å². The first-order chi connectivity index (χ1) is 14.0. The van der Waals surface area contributed by atoms with Crippen LogP contribution in [-0.2, 0) is 22.0 Å². The van der Waals surface area contributed by atoms with E-state index in [9.17, 15) is 28.3 Å². The summed E-state index contributed by atoms with van der Waals surface area (Å²) in [7, 11) is -4.91. The lowest BCUT2D eigenvalue weighted by Crippen LogP contribution is -2.82. The second kappa shape index (κ2) is 5.50. The van der Waals surface area contributed by atoms with Crippen molar-refractivity contribution in [3.63, 3.8) is 0 Å². The van der Waals surface area contributed by atoms with Crippen LogP contribution in [0.1, 0.15) is 43.7 Å². The third kappa shape index (κ3) is 1.99. The van der Waals surface area contributed by atoms with Gasteiger partial charge in [0.2, 0.25) is 4.93 Å². The van der Waals surface area contributed by atoms with E-state index in [1.165, 1.54) is 18.9 Å². The smallest absolute Gasteiger partial charge is 0.298 e. The molecule has 8 nitrogen and oxygen atoms in total. The number of phenols is 1. The topological polar surface area (TPSA) is 128 Å². The largest absolute Gasteiger partial charge is 0.504 e. The molecular weight excluding hydrogens is 410 g/mol. The van der Waals surface area contributed by atoms with Gasteiger partial charge in [-0.2, -0.15) is 8.42 Å². The Morgan fingerprint density at radius 3 is 2.63 bits per heavy atom. The van der Waals surface area contributed by atoms with Gasteiger partial charge in [-0.15, -0.1) is 0 Å². The van der Waals surface area contributed by atoms with Gasteiger partial charge in [-0.05, 0) is 55.6 Å². The summed E-state index contributed by atoms with van der Waals surface area (Å²) in [5.41, 5.74) is -1.08. The highest BCUT2D eigenvalue weighted by Crippen LogP contribution is 2.69. The molecule has 2 heterocycles. The Morgan fingerprint density at radius 1 is 1.23 bits per heavy atom. The zero-order chi connectivity index (χ0) is 21.3. The van der Waals surface area contributed by atoms with Gasteiger partial charge in [-0.3, -0.25) is 9.45 Å². The predicted octanol–water partition coefficient (Wildman–Crippen LogP) is 0.779. The minimum atomic E-state index is -4.91. The molecule has 2 aliphatic heterocycles. The minimum absolute atomic E-state index is 0.0217. The fourth-order valence-electron chi connectivity index (χ4n) is 7.20. The first-order valence-electron chi connectivity index (χ1n) is 10.7. The maximum absolute atomic E-state index is 12.4. The lowest BCUT2D eigenvalue weighted by Gasteiger charge is -2.67. The summed E-state index contributed by atoms with van der Waals surface area (Å²) in [4.78, 5) is -0.229. The molecule has 9 heteroatoms. The Bertz CT molecular complexity index is 1060. The number of hydrogen-bond acceptors (Lipinski definition) is 7. The van der Waals surface area contributed by atoms with Crippen molar-refractivity contribution in [1.29, 1.82) is 0 Å². The third-order valence-corrected chi connectivity index (χ3v) is 9.92. The van der Waals surface area contributed by atoms with Gasteiger partial charge in [0, 0.05) is 24.7 Å². The van der Waals surface area contributed by atoms with Crippen molar-refractivity contribution in [2.24, 2.45) is 11.8 Å². The molecule has 4 N–H and O–H groups in total. The lowest BCUT2D eigenvalue weighted by atomic mass is 9.45. The van der Waals surface area contributed by atoms with Crippen LogP contribution in [-0.4, -0.2) is 69.0 Å². The van der Waals surface area contributed by atoms with E-state index in [1.807, 2.05) is 13.0 Å². The van der Waals surface area contributed by atoms with Crippen LogP contribution in [0.5, 0.6) is 11.5 Å². The van der Waals surface area contributed by atoms with E-state index in [-0.39, 0.29) is 36.3 Å². The Hall–Kier alpha value is -1.39. The van der Waals surface area contributed by atoms with Crippen molar-refractivity contribution in [2.75, 3.05) is 13.1 Å². The number of rotatable bonds is 3. The van der Waals surface area contributed by atoms with Crippen molar-refractivity contribution in [1.82, 2.24) is 4.90 Å². The van der Waals surface area contributed by atoms with Crippen molar-refractivity contribution in [3.05, 3.63) is 23.3 Å². The third-order valence-electron chi connectivity index (χ3n) is 8.60. The van der Waals surface area contributed by atoms with E-state index < -0.39 is 32.2 Å². The van der Waals surface area contributed by atoms with E-state index in [0.29, 0.717) is 24.4 Å². The van der Waals surface area contributed by atoms with E-state index in [0.717, 1.165) is 12.1 Å². The zero-order valence-electron chi connectivity index (χ0n) is 16.8. The van der Waals surface area contributed by atoms with Gasteiger partial charge in [0.05, 0.1) is 11.0 Å². The second-order valence-corrected chi connectivity index (χ2v) is 11.7. The molecule has 1 aromatic carbocycles. The summed E-state index contributed by atoms with van der Waals surface area (Å²) in [6, 6.07) is 3.09. The number of phenolic OH excluding ortho intramolecular Hbond substituents is 1. The minimum Gasteiger partial charge on any atom is -0.504 e. The van der Waals surface area contributed by atoms with Crippen molar-refractivity contribution < 1.29 is 33.0 Å². The van der Waals surface area contributed by atoms with Crippen LogP contribution in [0, 0.1) is 11.8 Å². The Kier molecular flexibility index (Phi) is 3.54. The molecule has 30 heavy (non-hydrogen) atoms. The van der Waals surface area contributed by atoms with Crippen LogP contribution in [0.2, 0.25) is 0 Å². The molecule has 3 fully saturated rings. The first kappa shape index (κ1) is 19.3. The molecule has 6 rings (SSSR count). The summed E-state index contributed by atoms with van der Waals surface area (Å²) in [5.74, 6) is 0.336. The van der Waals surface area contributed by atoms with Gasteiger partial charge < -0.3 is 20.1 Å². The van der Waals surface area contributed by atoms with E-state index in [2.05, 4.69) is 4.90 Å². The van der Waals surface area contributed by atoms with E-state index >= 15 is 0 Å². The fourth-order valence-corrected chi connectivity index (χ4v) is 8.06. The molecule has 2 saturated carbocycles. The van der Waals surface area contributed by atoms with Crippen LogP contribution in [0.4, 0.5) is 0 Å². The number of aliphatic hydroxyl groups is 2. The monoisotopic (exact) mass is 437 g/mol. The van der Waals surface area contributed by atoms with Gasteiger partial charge in [-0.1, -0.05) is 13.0 Å². The van der Waals surface area contributed by atoms with Gasteiger partial charge in [0.1, 0.15) is 0 Å². The lowest BCUT2D eigenvalue weighted by molar-refractivity contribution is -0.235. The van der Waals surface area contributed by atoms with Crippen LogP contribution in [0.3, 0.4) is 0 Å². The van der Waals surface area contributed by atoms with E-state index in [1.54, 1.807) is 0 Å². The molecule has 3 aliphatic carbocycles. The average molecular weight is 438 g/mol. The molecular formula is C21H27NO7S. The molecule has 1 spiro atoms. The number of hydrogen-bond donors (Lipinski definition) is 4. The van der Waals surface area contributed by atoms with Crippen LogP contribution in [0.15, 0.2) is 12.1 Å². The molecule has 164 valence electrons. The highest BCUT2D eigenvalue weighted by molar-refractivity contribution is 7.87. The standard InChI is InChI=1S/C21H27NO7S/c1-11-9-22(10-12-2-3-12)15-8-13-4-5-14(23)17-16(13)21(11)18(29-17)20(25,30(26,27)28)7-6-19(15,21)24/h4-5,11-12,15,18,23-25H,2-3,6-10H2,1H3,(H,26,27,28)/t11?,15-,18+,19-,20?,21+/m1/s1. The first-order valence-corrected chi connectivity index (χ1v) is 12.2. The quantitative estimate of drug-likeness (QED) is 0.511. The summed E-state index contributed by atoms with van der Waals surface area (Å²) in [6.07, 6.45) is 1.23. The highest BCUT2D eigenvalue weighted by atomic mass is 32.2. The summed E-state index contributed by atoms with van der Waals surface area (Å²) in [5, 5.41) is 34.1. The van der Waals surface area contributed by atoms with Gasteiger partial charge in [0.25, 0.3) is 10.1 Å². The molecule has 2 bridgehead atoms.